The molecule has 0 unspecified atom stereocenters. The number of fused-ring (bicyclic) bond motifs is 1. The number of pyridine rings is 1. The van der Waals surface area contributed by atoms with Gasteiger partial charge in [0.05, 0.1) is 12.0 Å². The molecule has 0 fully saturated rings. The largest absolute Gasteiger partial charge is 0.497 e. The highest BCUT2D eigenvalue weighted by molar-refractivity contribution is 7.90. The second-order valence-corrected chi connectivity index (χ2v) is 10.2. The summed E-state index contributed by atoms with van der Waals surface area (Å²) in [6, 6.07) is 14.9. The van der Waals surface area contributed by atoms with E-state index < -0.39 is 15.8 Å². The van der Waals surface area contributed by atoms with Crippen LogP contribution in [0.3, 0.4) is 0 Å². The van der Waals surface area contributed by atoms with Crippen LogP contribution in [0.5, 0.6) is 5.75 Å². The maximum Gasteiger partial charge on any atom is 0.269 e. The van der Waals surface area contributed by atoms with Crippen LogP contribution in [-0.2, 0) is 10.0 Å². The van der Waals surface area contributed by atoms with E-state index in [2.05, 4.69) is 4.98 Å². The smallest absolute Gasteiger partial charge is 0.269 e. The van der Waals surface area contributed by atoms with Crippen LogP contribution < -0.4 is 4.74 Å². The number of rotatable bonds is 5. The molecule has 0 aliphatic carbocycles. The molecule has 0 N–H and O–H groups in total. The standard InChI is InChI=1S/C25H19FN2O3S2/c1-16-3-6-19(7-4-16)33(29,30)28-14-22(21-8-5-18(31-2)13-23(21)26)24-20(9-11-27-25(24)28)17-10-12-32-15-17/h3-15H,1-2H3. The highest BCUT2D eigenvalue weighted by atomic mass is 32.2. The third-order valence-electron chi connectivity index (χ3n) is 5.53. The zero-order chi connectivity index (χ0) is 23.2. The first kappa shape index (κ1) is 21.4. The van der Waals surface area contributed by atoms with E-state index in [1.165, 1.54) is 30.7 Å². The van der Waals surface area contributed by atoms with E-state index in [9.17, 15) is 8.42 Å². The van der Waals surface area contributed by atoms with Crippen molar-refractivity contribution in [3.63, 3.8) is 0 Å². The molecule has 8 heteroatoms. The third-order valence-corrected chi connectivity index (χ3v) is 7.88. The molecule has 33 heavy (non-hydrogen) atoms. The normalized spacial score (nSPS) is 11.7. The average Bonchev–Trinajstić information content (AvgIpc) is 3.48. The van der Waals surface area contributed by atoms with Crippen molar-refractivity contribution in [1.29, 1.82) is 0 Å². The highest BCUT2D eigenvalue weighted by Crippen LogP contribution is 2.40. The molecule has 0 radical (unpaired) electrons. The van der Waals surface area contributed by atoms with Crippen molar-refractivity contribution in [3.05, 3.63) is 89.1 Å². The van der Waals surface area contributed by atoms with Crippen molar-refractivity contribution < 1.29 is 17.5 Å². The second kappa shape index (κ2) is 8.13. The van der Waals surface area contributed by atoms with Gasteiger partial charge in [0.25, 0.3) is 10.0 Å². The van der Waals surface area contributed by atoms with Gasteiger partial charge in [-0.1, -0.05) is 17.7 Å². The first-order chi connectivity index (χ1) is 15.9. The van der Waals surface area contributed by atoms with Crippen LogP contribution in [0.25, 0.3) is 33.3 Å². The van der Waals surface area contributed by atoms with Gasteiger partial charge in [-0.2, -0.15) is 11.3 Å². The van der Waals surface area contributed by atoms with E-state index >= 15 is 4.39 Å². The second-order valence-electron chi connectivity index (χ2n) is 7.57. The van der Waals surface area contributed by atoms with Gasteiger partial charge in [-0.15, -0.1) is 0 Å². The molecule has 166 valence electrons. The Morgan fingerprint density at radius 3 is 2.45 bits per heavy atom. The molecule has 0 saturated carbocycles. The topological polar surface area (TPSA) is 61.2 Å². The van der Waals surface area contributed by atoms with Gasteiger partial charge in [-0.05, 0) is 65.2 Å². The summed E-state index contributed by atoms with van der Waals surface area (Å²) in [6.07, 6.45) is 3.03. The zero-order valence-corrected chi connectivity index (χ0v) is 19.5. The van der Waals surface area contributed by atoms with E-state index in [4.69, 9.17) is 4.74 Å². The van der Waals surface area contributed by atoms with Crippen LogP contribution in [0, 0.1) is 12.7 Å². The van der Waals surface area contributed by atoms with E-state index in [1.807, 2.05) is 29.8 Å². The fourth-order valence-electron chi connectivity index (χ4n) is 3.84. The van der Waals surface area contributed by atoms with Gasteiger partial charge in [0.1, 0.15) is 11.6 Å². The van der Waals surface area contributed by atoms with Crippen LogP contribution >= 0.6 is 11.3 Å². The Morgan fingerprint density at radius 1 is 1.00 bits per heavy atom. The summed E-state index contributed by atoms with van der Waals surface area (Å²) in [7, 11) is -2.51. The SMILES string of the molecule is COc1ccc(-c2cn(S(=O)(=O)c3ccc(C)cc3)c3nccc(-c4ccsc4)c23)c(F)c1. The van der Waals surface area contributed by atoms with Gasteiger partial charge < -0.3 is 4.74 Å². The summed E-state index contributed by atoms with van der Waals surface area (Å²) in [6.45, 7) is 1.89. The van der Waals surface area contributed by atoms with Gasteiger partial charge in [0.2, 0.25) is 0 Å². The lowest BCUT2D eigenvalue weighted by molar-refractivity contribution is 0.411. The predicted molar refractivity (Wildman–Crippen MR) is 129 cm³/mol. The molecule has 3 heterocycles. The number of hydrogen-bond acceptors (Lipinski definition) is 5. The quantitative estimate of drug-likeness (QED) is 0.305. The van der Waals surface area contributed by atoms with Crippen LogP contribution in [0.1, 0.15) is 5.56 Å². The molecule has 5 rings (SSSR count). The molecule has 5 nitrogen and oxygen atoms in total. The molecular weight excluding hydrogens is 459 g/mol. The number of benzene rings is 2. The van der Waals surface area contributed by atoms with Crippen molar-refractivity contribution in [3.8, 4) is 28.0 Å². The highest BCUT2D eigenvalue weighted by Gasteiger charge is 2.26. The lowest BCUT2D eigenvalue weighted by Crippen LogP contribution is -2.12. The summed E-state index contributed by atoms with van der Waals surface area (Å²) in [5.41, 5.74) is 3.59. The Kier molecular flexibility index (Phi) is 5.26. The Bertz CT molecular complexity index is 1570. The Labute approximate surface area is 194 Å². The van der Waals surface area contributed by atoms with E-state index in [-0.39, 0.29) is 16.1 Å². The molecule has 0 atom stereocenters. The van der Waals surface area contributed by atoms with Crippen molar-refractivity contribution in [1.82, 2.24) is 8.96 Å². The monoisotopic (exact) mass is 478 g/mol. The lowest BCUT2D eigenvalue weighted by Gasteiger charge is -2.08. The summed E-state index contributed by atoms with van der Waals surface area (Å²) in [5, 5.41) is 4.47. The number of nitrogens with zero attached hydrogens (tertiary/aromatic N) is 2. The Morgan fingerprint density at radius 2 is 1.79 bits per heavy atom. The first-order valence-electron chi connectivity index (χ1n) is 10.1. The summed E-state index contributed by atoms with van der Waals surface area (Å²) in [5.74, 6) is -0.135. The van der Waals surface area contributed by atoms with Gasteiger partial charge >= 0.3 is 0 Å². The molecule has 0 bridgehead atoms. The Hall–Kier alpha value is -3.49. The molecule has 2 aromatic carbocycles. The van der Waals surface area contributed by atoms with Gasteiger partial charge in [0.15, 0.2) is 5.65 Å². The summed E-state index contributed by atoms with van der Waals surface area (Å²) >= 11 is 1.53. The number of ether oxygens (including phenoxy) is 1. The van der Waals surface area contributed by atoms with Crippen molar-refractivity contribution >= 4 is 32.4 Å². The molecule has 0 amide bonds. The molecule has 3 aromatic heterocycles. The maximum absolute atomic E-state index is 15.1. The fraction of sp³-hybridized carbons (Fsp3) is 0.0800. The average molecular weight is 479 g/mol. The minimum Gasteiger partial charge on any atom is -0.497 e. The maximum atomic E-state index is 15.1. The zero-order valence-electron chi connectivity index (χ0n) is 17.8. The summed E-state index contributed by atoms with van der Waals surface area (Å²) in [4.78, 5) is 4.54. The van der Waals surface area contributed by atoms with Crippen LogP contribution in [0.4, 0.5) is 4.39 Å². The van der Waals surface area contributed by atoms with Crippen molar-refractivity contribution in [2.45, 2.75) is 11.8 Å². The van der Waals surface area contributed by atoms with Crippen LogP contribution in [0.2, 0.25) is 0 Å². The molecule has 0 aliphatic rings. The lowest BCUT2D eigenvalue weighted by atomic mass is 9.99. The first-order valence-corrected chi connectivity index (χ1v) is 12.5. The minimum atomic E-state index is -3.97. The number of aromatic nitrogens is 2. The molecule has 0 spiro atoms. The van der Waals surface area contributed by atoms with Crippen LogP contribution in [-0.4, -0.2) is 24.5 Å². The molecule has 0 aliphatic heterocycles. The number of hydrogen-bond donors (Lipinski definition) is 0. The van der Waals surface area contributed by atoms with Gasteiger partial charge in [-0.3, -0.25) is 0 Å². The molecule has 0 saturated heterocycles. The third kappa shape index (κ3) is 3.61. The van der Waals surface area contributed by atoms with E-state index in [0.29, 0.717) is 16.7 Å². The van der Waals surface area contributed by atoms with E-state index in [1.54, 1.807) is 42.6 Å². The Balaban J connectivity index is 1.85. The van der Waals surface area contributed by atoms with Gasteiger partial charge in [0, 0.05) is 35.0 Å². The number of methoxy groups -OCH3 is 1. The molecule has 5 aromatic rings. The predicted octanol–water partition coefficient (Wildman–Crippen LogP) is 6.12. The van der Waals surface area contributed by atoms with Crippen molar-refractivity contribution in [2.75, 3.05) is 7.11 Å². The fourth-order valence-corrected chi connectivity index (χ4v) is 5.81. The minimum absolute atomic E-state index is 0.134. The molecular formula is C25H19FN2O3S2. The van der Waals surface area contributed by atoms with Crippen molar-refractivity contribution in [2.24, 2.45) is 0 Å². The van der Waals surface area contributed by atoms with Crippen LogP contribution in [0.15, 0.2) is 82.6 Å². The number of aryl methyl sites for hydroxylation is 1. The van der Waals surface area contributed by atoms with Gasteiger partial charge in [-0.25, -0.2) is 21.8 Å². The van der Waals surface area contributed by atoms with E-state index in [0.717, 1.165) is 20.7 Å². The summed E-state index contributed by atoms with van der Waals surface area (Å²) < 4.78 is 48.6. The number of thiophene rings is 1. The number of halogens is 1.